The molecule has 0 atom stereocenters. The second kappa shape index (κ2) is 37.0. The minimum Gasteiger partial charge on any atom is -0.744 e. The van der Waals surface area contributed by atoms with Crippen LogP contribution in [0.15, 0.2) is 51.1 Å². The normalized spacial score (nSPS) is 12.4. The number of carbonyl (C=O) groups excluding carboxylic acids is 1. The van der Waals surface area contributed by atoms with Crippen molar-refractivity contribution in [2.24, 2.45) is 0 Å². The molecule has 26 nitrogen and oxygen atoms in total. The molecule has 1 amide bonds. The Morgan fingerprint density at radius 2 is 0.692 bits per heavy atom. The van der Waals surface area contributed by atoms with Gasteiger partial charge in [0.25, 0.3) is 0 Å². The summed E-state index contributed by atoms with van der Waals surface area (Å²) in [6.45, 7) is 9.80. The van der Waals surface area contributed by atoms with Gasteiger partial charge in [-0.3, -0.25) is 9.59 Å². The molecule has 0 aliphatic carbocycles. The van der Waals surface area contributed by atoms with E-state index in [0.717, 1.165) is 18.2 Å². The van der Waals surface area contributed by atoms with Gasteiger partial charge in [0.15, 0.2) is 0 Å². The summed E-state index contributed by atoms with van der Waals surface area (Å²) < 4.78 is 181. The highest BCUT2D eigenvalue weighted by Crippen LogP contribution is 2.45. The molecule has 0 bridgehead atoms. The first-order valence-electron chi connectivity index (χ1n) is 25.2. The molecule has 442 valence electrons. The summed E-state index contributed by atoms with van der Waals surface area (Å²) in [6, 6.07) is 6.24. The number of hydrogen-bond acceptors (Lipinski definition) is 24. The Labute approximate surface area is 454 Å². The highest BCUT2D eigenvalue weighted by molar-refractivity contribution is 7.87. The number of ether oxygens (including phenoxy) is 13. The van der Waals surface area contributed by atoms with E-state index in [1.54, 1.807) is 0 Å². The molecule has 0 unspecified atom stereocenters. The summed E-state index contributed by atoms with van der Waals surface area (Å²) in [5.41, 5.74) is 0. The van der Waals surface area contributed by atoms with Crippen molar-refractivity contribution in [3.05, 3.63) is 36.4 Å². The van der Waals surface area contributed by atoms with Crippen LogP contribution < -0.4 is 10.1 Å². The van der Waals surface area contributed by atoms with Crippen molar-refractivity contribution >= 4 is 74.5 Å². The van der Waals surface area contributed by atoms with Crippen LogP contribution in [0.3, 0.4) is 0 Å². The zero-order valence-electron chi connectivity index (χ0n) is 43.4. The number of aliphatic carboxylic acids is 1. The Morgan fingerprint density at radius 3 is 1.04 bits per heavy atom. The van der Waals surface area contributed by atoms with Crippen LogP contribution in [0.2, 0.25) is 0 Å². The third kappa shape index (κ3) is 25.6. The van der Waals surface area contributed by atoms with Gasteiger partial charge in [0.1, 0.15) is 36.1 Å². The van der Waals surface area contributed by atoms with Gasteiger partial charge >= 0.3 is 5.97 Å². The fourth-order valence-corrected chi connectivity index (χ4v) is 9.55. The first-order chi connectivity index (χ1) is 37.5. The fourth-order valence-electron chi connectivity index (χ4n) is 7.38. The van der Waals surface area contributed by atoms with Crippen molar-refractivity contribution in [3.8, 4) is 5.75 Å². The molecule has 0 fully saturated rings. The summed E-state index contributed by atoms with van der Waals surface area (Å²) in [5, 5.41) is 10.4. The standard InChI is InChI=1S/C49H73NO25S3/c51-46(4-2-1-3-11-75-42-36-43(76(54,55)56)39-7-8-41-45(78(60,61)62)37-44(77(57,58)59)40-6-5-38(42)48(39)49(40)41)50-10-13-64-15-17-66-19-21-68-23-25-70-27-29-72-31-33-74-35-34-73-32-30-71-28-26-69-24-22-67-20-18-65-16-14-63-12-9-47(52)53/h5-8,36-37H,1-4,9-35H2,(H,50,51)(H,52,53)(H,54,55,56)(H,57,58,59)(H,60,61,62)/p-3. The Balaban J connectivity index is 0.894. The molecule has 0 aliphatic heterocycles. The first-order valence-corrected chi connectivity index (χ1v) is 29.4. The Kier molecular flexibility index (Phi) is 31.5. The van der Waals surface area contributed by atoms with Gasteiger partial charge in [-0.1, -0.05) is 18.2 Å². The maximum absolute atomic E-state index is 12.4. The van der Waals surface area contributed by atoms with Crippen LogP contribution in [0, 0.1) is 0 Å². The quantitative estimate of drug-likeness (QED) is 0.0363. The summed E-state index contributed by atoms with van der Waals surface area (Å²) in [5.74, 6) is -1.18. The van der Waals surface area contributed by atoms with Gasteiger partial charge in [0.2, 0.25) is 5.91 Å². The molecular formula is C49H70NO25S3-3. The minimum absolute atomic E-state index is 0.00644. The summed E-state index contributed by atoms with van der Waals surface area (Å²) in [4.78, 5) is 20.0. The van der Waals surface area contributed by atoms with E-state index < -0.39 is 51.0 Å². The molecular weight excluding hydrogens is 1100 g/mol. The number of unbranched alkanes of at least 4 members (excludes halogenated alkanes) is 2. The predicted molar refractivity (Wildman–Crippen MR) is 273 cm³/mol. The zero-order valence-corrected chi connectivity index (χ0v) is 45.8. The van der Waals surface area contributed by atoms with Crippen LogP contribution in [0.25, 0.3) is 32.3 Å². The van der Waals surface area contributed by atoms with Gasteiger partial charge in [-0.25, -0.2) is 25.3 Å². The van der Waals surface area contributed by atoms with Crippen molar-refractivity contribution < 1.29 is 115 Å². The highest BCUT2D eigenvalue weighted by atomic mass is 32.2. The highest BCUT2D eigenvalue weighted by Gasteiger charge is 2.24. The molecule has 0 radical (unpaired) electrons. The molecule has 0 spiro atoms. The number of carboxylic acids is 1. The summed E-state index contributed by atoms with van der Waals surface area (Å²) in [6.07, 6.45) is 1.59. The maximum Gasteiger partial charge on any atom is 0.305 e. The maximum atomic E-state index is 12.4. The minimum atomic E-state index is -5.34. The average molecular weight is 1170 g/mol. The summed E-state index contributed by atoms with van der Waals surface area (Å²) in [7, 11) is -15.9. The topological polar surface area (TPSA) is 358 Å². The molecule has 78 heavy (non-hydrogen) atoms. The van der Waals surface area contributed by atoms with Crippen molar-refractivity contribution in [2.75, 3.05) is 172 Å². The van der Waals surface area contributed by atoms with E-state index in [1.165, 1.54) is 12.1 Å². The molecule has 0 saturated heterocycles. The Morgan fingerprint density at radius 1 is 0.385 bits per heavy atom. The van der Waals surface area contributed by atoms with E-state index in [-0.39, 0.29) is 76.6 Å². The number of rotatable bonds is 49. The summed E-state index contributed by atoms with van der Waals surface area (Å²) >= 11 is 0. The van der Waals surface area contributed by atoms with E-state index >= 15 is 0 Å². The van der Waals surface area contributed by atoms with Gasteiger partial charge in [-0.15, -0.1) is 0 Å². The van der Waals surface area contributed by atoms with Gasteiger partial charge < -0.3 is 85.7 Å². The molecule has 4 aromatic carbocycles. The molecule has 0 aromatic heterocycles. The number of benzene rings is 4. The first kappa shape index (κ1) is 66.4. The third-order valence-electron chi connectivity index (χ3n) is 11.0. The lowest BCUT2D eigenvalue weighted by Gasteiger charge is -2.22. The Hall–Kier alpha value is -4.09. The van der Waals surface area contributed by atoms with E-state index in [9.17, 15) is 48.5 Å². The largest absolute Gasteiger partial charge is 0.744 e. The molecule has 0 heterocycles. The number of amides is 1. The smallest absolute Gasteiger partial charge is 0.305 e. The number of nitrogens with one attached hydrogen (secondary N) is 1. The zero-order chi connectivity index (χ0) is 56.5. The molecule has 2 N–H and O–H groups in total. The second-order valence-corrected chi connectivity index (χ2v) is 20.7. The van der Waals surface area contributed by atoms with E-state index in [0.29, 0.717) is 177 Å². The third-order valence-corrected chi connectivity index (χ3v) is 13.6. The van der Waals surface area contributed by atoms with Crippen molar-refractivity contribution in [1.82, 2.24) is 5.32 Å². The van der Waals surface area contributed by atoms with E-state index in [4.69, 9.17) is 66.7 Å². The lowest BCUT2D eigenvalue weighted by Crippen LogP contribution is -2.27. The van der Waals surface area contributed by atoms with Crippen molar-refractivity contribution in [3.63, 3.8) is 0 Å². The van der Waals surface area contributed by atoms with Gasteiger partial charge in [0.05, 0.1) is 186 Å². The van der Waals surface area contributed by atoms with E-state index in [1.807, 2.05) is 0 Å². The molecule has 4 rings (SSSR count). The monoisotopic (exact) mass is 1170 g/mol. The van der Waals surface area contributed by atoms with Crippen molar-refractivity contribution in [1.29, 1.82) is 0 Å². The Bertz CT molecular complexity index is 2660. The average Bonchev–Trinajstić information content (AvgIpc) is 3.59. The number of carboxylic acid groups (broad SMARTS) is 1. The molecule has 4 aromatic rings. The van der Waals surface area contributed by atoms with E-state index in [2.05, 4.69) is 5.32 Å². The van der Waals surface area contributed by atoms with Crippen LogP contribution in [-0.4, -0.2) is 228 Å². The van der Waals surface area contributed by atoms with Crippen LogP contribution in [0.4, 0.5) is 0 Å². The number of carbonyl (C=O) groups is 2. The van der Waals surface area contributed by atoms with Gasteiger partial charge in [-0.2, -0.15) is 0 Å². The van der Waals surface area contributed by atoms with Crippen molar-refractivity contribution in [2.45, 2.75) is 46.8 Å². The van der Waals surface area contributed by atoms with Crippen LogP contribution in [0.5, 0.6) is 5.75 Å². The SMILES string of the molecule is O=C(O)CCOCCOCCOCCOCCOCCOCCOCCOCCOCCOCCOCCOCCNC(=O)CCCCCOc1cc(S(=O)(=O)[O-])c2ccc3c(S(=O)(=O)[O-])cc(S(=O)(=O)[O-])c4ccc1c2c43. The van der Waals surface area contributed by atoms with Crippen LogP contribution in [0.1, 0.15) is 32.1 Å². The second-order valence-electron chi connectivity index (χ2n) is 16.7. The molecule has 0 saturated carbocycles. The van der Waals surface area contributed by atoms with Crippen LogP contribution >= 0.6 is 0 Å². The fraction of sp³-hybridized carbons (Fsp3) is 0.633. The molecule has 0 aliphatic rings. The van der Waals surface area contributed by atoms with Gasteiger partial charge in [-0.05, 0) is 37.5 Å². The molecule has 29 heteroatoms. The van der Waals surface area contributed by atoms with Gasteiger partial charge in [0, 0.05) is 45.3 Å². The lowest BCUT2D eigenvalue weighted by atomic mass is 9.93. The predicted octanol–water partition coefficient (Wildman–Crippen LogP) is 2.03. The lowest BCUT2D eigenvalue weighted by molar-refractivity contribution is -0.138. The van der Waals surface area contributed by atoms with Crippen LogP contribution in [-0.2, 0) is 96.8 Å². The number of hydrogen-bond donors (Lipinski definition) is 2.